The minimum atomic E-state index is 0.0176. The SMILES string of the molecule is CNC(=O)CCc1cnc(C)o1. The van der Waals surface area contributed by atoms with Crippen molar-refractivity contribution >= 4 is 5.91 Å². The van der Waals surface area contributed by atoms with Crippen LogP contribution in [0.25, 0.3) is 0 Å². The highest BCUT2D eigenvalue weighted by molar-refractivity contribution is 5.75. The van der Waals surface area contributed by atoms with Crippen molar-refractivity contribution in [1.82, 2.24) is 10.3 Å². The van der Waals surface area contributed by atoms with Gasteiger partial charge in [0.1, 0.15) is 5.76 Å². The van der Waals surface area contributed by atoms with E-state index in [1.54, 1.807) is 20.2 Å². The number of aryl methyl sites for hydroxylation is 2. The van der Waals surface area contributed by atoms with Gasteiger partial charge in [-0.3, -0.25) is 4.79 Å². The van der Waals surface area contributed by atoms with Gasteiger partial charge in [-0.2, -0.15) is 0 Å². The Bertz CT molecular complexity index is 268. The third-order valence-corrected chi connectivity index (χ3v) is 1.55. The average molecular weight is 168 g/mol. The van der Waals surface area contributed by atoms with Crippen LogP contribution in [0.1, 0.15) is 18.1 Å². The fourth-order valence-corrected chi connectivity index (χ4v) is 0.883. The first-order valence-electron chi connectivity index (χ1n) is 3.84. The van der Waals surface area contributed by atoms with Gasteiger partial charge in [0.25, 0.3) is 0 Å². The van der Waals surface area contributed by atoms with E-state index in [4.69, 9.17) is 4.42 Å². The van der Waals surface area contributed by atoms with Crippen LogP contribution in [0.3, 0.4) is 0 Å². The molecule has 1 aromatic heterocycles. The van der Waals surface area contributed by atoms with E-state index in [1.807, 2.05) is 0 Å². The Labute approximate surface area is 71.0 Å². The summed E-state index contributed by atoms with van der Waals surface area (Å²) >= 11 is 0. The normalized spacial score (nSPS) is 9.83. The van der Waals surface area contributed by atoms with Gasteiger partial charge in [-0.1, -0.05) is 0 Å². The summed E-state index contributed by atoms with van der Waals surface area (Å²) in [5.74, 6) is 1.42. The number of carbonyl (C=O) groups is 1. The lowest BCUT2D eigenvalue weighted by molar-refractivity contribution is -0.120. The van der Waals surface area contributed by atoms with Crippen molar-refractivity contribution < 1.29 is 9.21 Å². The van der Waals surface area contributed by atoms with Gasteiger partial charge in [0.15, 0.2) is 5.89 Å². The molecule has 1 N–H and O–H groups in total. The van der Waals surface area contributed by atoms with E-state index in [0.717, 1.165) is 5.76 Å². The van der Waals surface area contributed by atoms with Gasteiger partial charge in [-0.25, -0.2) is 4.98 Å². The number of aromatic nitrogens is 1. The molecule has 0 bridgehead atoms. The highest BCUT2D eigenvalue weighted by Gasteiger charge is 2.02. The molecule has 0 radical (unpaired) electrons. The molecule has 66 valence electrons. The van der Waals surface area contributed by atoms with Crippen LogP contribution in [0.15, 0.2) is 10.6 Å². The van der Waals surface area contributed by atoms with E-state index in [2.05, 4.69) is 10.3 Å². The number of hydrogen-bond acceptors (Lipinski definition) is 3. The van der Waals surface area contributed by atoms with Crippen molar-refractivity contribution in [2.75, 3.05) is 7.05 Å². The van der Waals surface area contributed by atoms with E-state index in [0.29, 0.717) is 18.7 Å². The second kappa shape index (κ2) is 3.90. The Balaban J connectivity index is 2.38. The number of nitrogens with zero attached hydrogens (tertiary/aromatic N) is 1. The molecular formula is C8H12N2O2. The summed E-state index contributed by atoms with van der Waals surface area (Å²) in [4.78, 5) is 14.7. The zero-order chi connectivity index (χ0) is 8.97. The summed E-state index contributed by atoms with van der Waals surface area (Å²) < 4.78 is 5.19. The second-order valence-electron chi connectivity index (χ2n) is 2.52. The molecule has 4 nitrogen and oxygen atoms in total. The van der Waals surface area contributed by atoms with Crippen molar-refractivity contribution in [3.63, 3.8) is 0 Å². The Hall–Kier alpha value is -1.32. The van der Waals surface area contributed by atoms with Gasteiger partial charge in [-0.15, -0.1) is 0 Å². The molecule has 12 heavy (non-hydrogen) atoms. The molecule has 0 aliphatic heterocycles. The van der Waals surface area contributed by atoms with Crippen LogP contribution in [-0.2, 0) is 11.2 Å². The first-order chi connectivity index (χ1) is 5.72. The molecule has 1 rings (SSSR count). The van der Waals surface area contributed by atoms with Crippen LogP contribution in [-0.4, -0.2) is 17.9 Å². The molecule has 0 fully saturated rings. The molecule has 1 aromatic rings. The lowest BCUT2D eigenvalue weighted by Crippen LogP contribution is -2.17. The van der Waals surface area contributed by atoms with Gasteiger partial charge >= 0.3 is 0 Å². The fraction of sp³-hybridized carbons (Fsp3) is 0.500. The highest BCUT2D eigenvalue weighted by atomic mass is 16.3. The number of oxazole rings is 1. The maximum absolute atomic E-state index is 10.8. The van der Waals surface area contributed by atoms with Crippen molar-refractivity contribution in [2.45, 2.75) is 19.8 Å². The van der Waals surface area contributed by atoms with E-state index in [-0.39, 0.29) is 5.91 Å². The van der Waals surface area contributed by atoms with Gasteiger partial charge in [-0.05, 0) is 0 Å². The van der Waals surface area contributed by atoms with Crippen molar-refractivity contribution in [3.05, 3.63) is 17.8 Å². The number of amides is 1. The summed E-state index contributed by atoms with van der Waals surface area (Å²) in [5.41, 5.74) is 0. The summed E-state index contributed by atoms with van der Waals surface area (Å²) in [6.07, 6.45) is 2.71. The molecule has 1 amide bonds. The van der Waals surface area contributed by atoms with Gasteiger partial charge in [0, 0.05) is 26.8 Å². The molecule has 0 atom stereocenters. The summed E-state index contributed by atoms with van der Waals surface area (Å²) in [5, 5.41) is 2.54. The Morgan fingerprint density at radius 3 is 3.00 bits per heavy atom. The maximum Gasteiger partial charge on any atom is 0.220 e. The van der Waals surface area contributed by atoms with Gasteiger partial charge in [0.2, 0.25) is 5.91 Å². The molecular weight excluding hydrogens is 156 g/mol. The minimum Gasteiger partial charge on any atom is -0.446 e. The molecule has 0 saturated heterocycles. The lowest BCUT2D eigenvalue weighted by Gasteiger charge is -1.95. The molecule has 0 aliphatic carbocycles. The van der Waals surface area contributed by atoms with Crippen LogP contribution in [0.5, 0.6) is 0 Å². The summed E-state index contributed by atoms with van der Waals surface area (Å²) in [6, 6.07) is 0. The van der Waals surface area contributed by atoms with E-state index < -0.39 is 0 Å². The maximum atomic E-state index is 10.8. The third kappa shape index (κ3) is 2.38. The number of nitrogens with one attached hydrogen (secondary N) is 1. The topological polar surface area (TPSA) is 55.1 Å². The first-order valence-corrected chi connectivity index (χ1v) is 3.84. The minimum absolute atomic E-state index is 0.0176. The smallest absolute Gasteiger partial charge is 0.220 e. The quantitative estimate of drug-likeness (QED) is 0.721. The molecule has 0 spiro atoms. The molecule has 0 aromatic carbocycles. The van der Waals surface area contributed by atoms with E-state index in [9.17, 15) is 4.79 Å². The lowest BCUT2D eigenvalue weighted by atomic mass is 10.2. The molecule has 0 saturated carbocycles. The van der Waals surface area contributed by atoms with Crippen molar-refractivity contribution in [2.24, 2.45) is 0 Å². The average Bonchev–Trinajstić information content (AvgIpc) is 2.47. The van der Waals surface area contributed by atoms with Crippen LogP contribution in [0, 0.1) is 6.92 Å². The monoisotopic (exact) mass is 168 g/mol. The second-order valence-corrected chi connectivity index (χ2v) is 2.52. The highest BCUT2D eigenvalue weighted by Crippen LogP contribution is 2.04. The van der Waals surface area contributed by atoms with Crippen molar-refractivity contribution in [1.29, 1.82) is 0 Å². The predicted molar refractivity (Wildman–Crippen MR) is 43.6 cm³/mol. The van der Waals surface area contributed by atoms with Crippen molar-refractivity contribution in [3.8, 4) is 0 Å². The van der Waals surface area contributed by atoms with Gasteiger partial charge in [0.05, 0.1) is 6.20 Å². The fourth-order valence-electron chi connectivity index (χ4n) is 0.883. The largest absolute Gasteiger partial charge is 0.446 e. The number of rotatable bonds is 3. The Morgan fingerprint density at radius 1 is 1.75 bits per heavy atom. The van der Waals surface area contributed by atoms with Crippen LogP contribution in [0.4, 0.5) is 0 Å². The first kappa shape index (κ1) is 8.77. The Kier molecular flexibility index (Phi) is 2.85. The predicted octanol–water partition coefficient (Wildman–Crippen LogP) is 0.662. The number of hydrogen-bond donors (Lipinski definition) is 1. The van der Waals surface area contributed by atoms with Gasteiger partial charge < -0.3 is 9.73 Å². The summed E-state index contributed by atoms with van der Waals surface area (Å²) in [6.45, 7) is 1.78. The number of carbonyl (C=O) groups excluding carboxylic acids is 1. The van der Waals surface area contributed by atoms with Crippen LogP contribution in [0.2, 0.25) is 0 Å². The van der Waals surface area contributed by atoms with E-state index >= 15 is 0 Å². The van der Waals surface area contributed by atoms with Crippen LogP contribution >= 0.6 is 0 Å². The zero-order valence-electron chi connectivity index (χ0n) is 7.26. The van der Waals surface area contributed by atoms with Crippen LogP contribution < -0.4 is 5.32 Å². The molecule has 1 heterocycles. The standard InChI is InChI=1S/C8H12N2O2/c1-6-10-5-7(12-6)3-4-8(11)9-2/h5H,3-4H2,1-2H3,(H,9,11). The third-order valence-electron chi connectivity index (χ3n) is 1.55. The molecule has 0 aliphatic rings. The zero-order valence-corrected chi connectivity index (χ0v) is 7.26. The molecule has 4 heteroatoms. The molecule has 0 unspecified atom stereocenters. The van der Waals surface area contributed by atoms with E-state index in [1.165, 1.54) is 0 Å². The summed E-state index contributed by atoms with van der Waals surface area (Å²) in [7, 11) is 1.62. The Morgan fingerprint density at radius 2 is 2.50 bits per heavy atom.